The largest absolute Gasteiger partial charge is 0.352 e. The van der Waals surface area contributed by atoms with E-state index >= 15 is 0 Å². The third-order valence-corrected chi connectivity index (χ3v) is 4.36. The van der Waals surface area contributed by atoms with Crippen molar-refractivity contribution < 1.29 is 32.2 Å². The third-order valence-electron chi connectivity index (χ3n) is 4.36. The lowest BCUT2D eigenvalue weighted by Crippen LogP contribution is -2.57. The topological polar surface area (TPSA) is 76.7 Å². The van der Waals surface area contributed by atoms with Crippen LogP contribution >= 0.6 is 0 Å². The second-order valence-electron chi connectivity index (χ2n) is 8.04. The van der Waals surface area contributed by atoms with E-state index in [1.165, 1.54) is 0 Å². The molecule has 1 aromatic carbocycles. The van der Waals surface area contributed by atoms with Crippen molar-refractivity contribution in [3.05, 3.63) is 35.1 Å². The van der Waals surface area contributed by atoms with E-state index < -0.39 is 52.3 Å². The molecule has 6 nitrogen and oxygen atoms in total. The highest BCUT2D eigenvalue weighted by molar-refractivity contribution is 5.94. The van der Waals surface area contributed by atoms with Gasteiger partial charge in [0.15, 0.2) is 17.4 Å². The second kappa shape index (κ2) is 8.08. The Kier molecular flexibility index (Phi) is 6.40. The van der Waals surface area contributed by atoms with Crippen LogP contribution in [-0.2, 0) is 14.3 Å². The lowest BCUT2D eigenvalue weighted by Gasteiger charge is -2.44. The van der Waals surface area contributed by atoms with E-state index in [4.69, 9.17) is 9.47 Å². The Bertz CT molecular complexity index is 768. The fraction of sp³-hybridized carbons (Fsp3) is 0.579. The molecule has 0 unspecified atom stereocenters. The molecule has 0 radical (unpaired) electrons. The van der Waals surface area contributed by atoms with Gasteiger partial charge in [-0.2, -0.15) is 0 Å². The van der Waals surface area contributed by atoms with Gasteiger partial charge < -0.3 is 20.1 Å². The van der Waals surface area contributed by atoms with Crippen molar-refractivity contribution in [3.63, 3.8) is 0 Å². The molecule has 9 heteroatoms. The molecule has 1 fully saturated rings. The number of halogens is 3. The molecule has 0 aromatic heterocycles. The lowest BCUT2D eigenvalue weighted by atomic mass is 9.85. The first-order chi connectivity index (χ1) is 12.8. The quantitative estimate of drug-likeness (QED) is 0.742. The molecule has 2 N–H and O–H groups in total. The van der Waals surface area contributed by atoms with Crippen LogP contribution in [-0.4, -0.2) is 42.9 Å². The monoisotopic (exact) mass is 402 g/mol. The van der Waals surface area contributed by atoms with Crippen molar-refractivity contribution in [2.45, 2.75) is 52.6 Å². The minimum Gasteiger partial charge on any atom is -0.352 e. The van der Waals surface area contributed by atoms with Gasteiger partial charge in [0.1, 0.15) is 11.9 Å². The standard InChI is InChI=1S/C19H25F3N2O4/c1-10(24-16(25)11-6-13(21)14(22)7-12(11)20)8-23-17(26)15-18(2,3)9-27-19(4,5)28-15/h6-7,10,15H,8-9H2,1-5H3,(H,23,26)(H,24,25)/t10-,15+/m0/s1. The van der Waals surface area contributed by atoms with Gasteiger partial charge in [-0.1, -0.05) is 13.8 Å². The molecular weight excluding hydrogens is 377 g/mol. The van der Waals surface area contributed by atoms with E-state index in [1.54, 1.807) is 20.8 Å². The molecule has 0 aliphatic carbocycles. The third kappa shape index (κ3) is 5.23. The Morgan fingerprint density at radius 2 is 1.75 bits per heavy atom. The van der Waals surface area contributed by atoms with E-state index in [0.717, 1.165) is 0 Å². The van der Waals surface area contributed by atoms with Crippen LogP contribution in [0.5, 0.6) is 0 Å². The highest BCUT2D eigenvalue weighted by Gasteiger charge is 2.45. The van der Waals surface area contributed by atoms with Gasteiger partial charge in [0.25, 0.3) is 5.91 Å². The Balaban J connectivity index is 1.94. The molecule has 28 heavy (non-hydrogen) atoms. The molecule has 156 valence electrons. The zero-order chi connectivity index (χ0) is 21.3. The van der Waals surface area contributed by atoms with Crippen LogP contribution in [0.2, 0.25) is 0 Å². The zero-order valence-electron chi connectivity index (χ0n) is 16.5. The molecule has 2 rings (SSSR count). The van der Waals surface area contributed by atoms with Crippen molar-refractivity contribution >= 4 is 11.8 Å². The number of hydrogen-bond donors (Lipinski definition) is 2. The van der Waals surface area contributed by atoms with Gasteiger partial charge in [-0.05, 0) is 26.8 Å². The van der Waals surface area contributed by atoms with Crippen molar-refractivity contribution in [1.82, 2.24) is 10.6 Å². The van der Waals surface area contributed by atoms with Crippen LogP contribution in [0.3, 0.4) is 0 Å². The number of benzene rings is 1. The Labute approximate surface area is 161 Å². The van der Waals surface area contributed by atoms with Crippen LogP contribution in [0.4, 0.5) is 13.2 Å². The van der Waals surface area contributed by atoms with Crippen molar-refractivity contribution in [2.75, 3.05) is 13.2 Å². The summed E-state index contributed by atoms with van der Waals surface area (Å²) in [4.78, 5) is 24.6. The van der Waals surface area contributed by atoms with Crippen molar-refractivity contribution in [2.24, 2.45) is 5.41 Å². The van der Waals surface area contributed by atoms with Crippen LogP contribution in [0.1, 0.15) is 45.0 Å². The van der Waals surface area contributed by atoms with Gasteiger partial charge >= 0.3 is 0 Å². The lowest BCUT2D eigenvalue weighted by molar-refractivity contribution is -0.304. The second-order valence-corrected chi connectivity index (χ2v) is 8.04. The molecule has 1 saturated heterocycles. The summed E-state index contributed by atoms with van der Waals surface area (Å²) in [6, 6.07) is 0.203. The highest BCUT2D eigenvalue weighted by Crippen LogP contribution is 2.34. The van der Waals surface area contributed by atoms with E-state index in [9.17, 15) is 22.8 Å². The summed E-state index contributed by atoms with van der Waals surface area (Å²) in [5.74, 6) is -6.07. The van der Waals surface area contributed by atoms with Crippen molar-refractivity contribution in [3.8, 4) is 0 Å². The van der Waals surface area contributed by atoms with Crippen LogP contribution in [0.15, 0.2) is 12.1 Å². The average molecular weight is 402 g/mol. The fourth-order valence-corrected chi connectivity index (χ4v) is 2.72. The molecule has 2 amide bonds. The number of ether oxygens (including phenoxy) is 2. The summed E-state index contributed by atoms with van der Waals surface area (Å²) in [6.45, 7) is 9.04. The SMILES string of the molecule is C[C@@H](CNC(=O)[C@H]1OC(C)(C)OCC1(C)C)NC(=O)c1cc(F)c(F)cc1F. The number of rotatable bonds is 5. The summed E-state index contributed by atoms with van der Waals surface area (Å²) in [5.41, 5.74) is -1.17. The normalized spacial score (nSPS) is 21.6. The molecule has 2 atom stereocenters. The fourth-order valence-electron chi connectivity index (χ4n) is 2.72. The molecule has 1 aliphatic heterocycles. The molecule has 0 bridgehead atoms. The molecular formula is C19H25F3N2O4. The predicted octanol–water partition coefficient (Wildman–Crippen LogP) is 2.52. The van der Waals surface area contributed by atoms with Crippen LogP contribution in [0.25, 0.3) is 0 Å². The Morgan fingerprint density at radius 3 is 2.39 bits per heavy atom. The summed E-state index contributed by atoms with van der Waals surface area (Å²) in [5, 5.41) is 5.11. The van der Waals surface area contributed by atoms with Gasteiger partial charge in [-0.15, -0.1) is 0 Å². The smallest absolute Gasteiger partial charge is 0.254 e. The maximum atomic E-state index is 13.7. The minimum atomic E-state index is -1.38. The number of nitrogens with one attached hydrogen (secondary N) is 2. The van der Waals surface area contributed by atoms with Gasteiger partial charge in [-0.25, -0.2) is 13.2 Å². The van der Waals surface area contributed by atoms with Crippen LogP contribution in [0, 0.1) is 22.9 Å². The summed E-state index contributed by atoms with van der Waals surface area (Å²) in [6.07, 6.45) is -0.761. The van der Waals surface area contributed by atoms with E-state index in [0.29, 0.717) is 18.7 Å². The molecule has 1 aromatic rings. The zero-order valence-corrected chi connectivity index (χ0v) is 16.5. The van der Waals surface area contributed by atoms with Crippen molar-refractivity contribution in [1.29, 1.82) is 0 Å². The first kappa shape index (κ1) is 22.2. The molecule has 1 aliphatic rings. The number of carbonyl (C=O) groups excluding carboxylic acids is 2. The molecule has 0 saturated carbocycles. The van der Waals surface area contributed by atoms with Gasteiger partial charge in [0.05, 0.1) is 12.2 Å². The predicted molar refractivity (Wildman–Crippen MR) is 94.9 cm³/mol. The first-order valence-electron chi connectivity index (χ1n) is 8.87. The summed E-state index contributed by atoms with van der Waals surface area (Å²) in [7, 11) is 0. The Hall–Kier alpha value is -2.13. The number of hydrogen-bond acceptors (Lipinski definition) is 4. The van der Waals surface area contributed by atoms with E-state index in [2.05, 4.69) is 10.6 Å². The minimum absolute atomic E-state index is 0.0348. The Morgan fingerprint density at radius 1 is 1.14 bits per heavy atom. The molecule has 1 heterocycles. The van der Waals surface area contributed by atoms with Gasteiger partial charge in [-0.3, -0.25) is 9.59 Å². The maximum Gasteiger partial charge on any atom is 0.254 e. The maximum absolute atomic E-state index is 13.7. The summed E-state index contributed by atoms with van der Waals surface area (Å²) < 4.78 is 51.2. The van der Waals surface area contributed by atoms with Gasteiger partial charge in [0.2, 0.25) is 5.91 Å². The van der Waals surface area contributed by atoms with Gasteiger partial charge in [0, 0.05) is 24.1 Å². The first-order valence-corrected chi connectivity index (χ1v) is 8.87. The average Bonchev–Trinajstić information content (AvgIpc) is 2.58. The van der Waals surface area contributed by atoms with E-state index in [1.807, 2.05) is 13.8 Å². The summed E-state index contributed by atoms with van der Waals surface area (Å²) >= 11 is 0. The number of amides is 2. The molecule has 0 spiro atoms. The van der Waals surface area contributed by atoms with Crippen LogP contribution < -0.4 is 10.6 Å². The van der Waals surface area contributed by atoms with E-state index in [-0.39, 0.29) is 12.5 Å². The highest BCUT2D eigenvalue weighted by atomic mass is 19.2. The number of carbonyl (C=O) groups is 2.